The predicted octanol–water partition coefficient (Wildman–Crippen LogP) is 1.95. The molecule has 2 unspecified atom stereocenters. The maximum absolute atomic E-state index is 12.5. The Morgan fingerprint density at radius 1 is 1.26 bits per heavy atom. The summed E-state index contributed by atoms with van der Waals surface area (Å²) in [6.07, 6.45) is 2.67. The molecule has 0 aliphatic carbocycles. The van der Waals surface area contributed by atoms with Crippen molar-refractivity contribution >= 4 is 11.8 Å². The molecule has 2 N–H and O–H groups in total. The molecule has 27 heavy (non-hydrogen) atoms. The Morgan fingerprint density at radius 3 is 2.74 bits per heavy atom. The first kappa shape index (κ1) is 19.1. The molecule has 0 spiro atoms. The normalized spacial score (nSPS) is 19.8. The Labute approximate surface area is 159 Å². The summed E-state index contributed by atoms with van der Waals surface area (Å²) in [5, 5.41) is 5.88. The van der Waals surface area contributed by atoms with Crippen LogP contribution in [-0.2, 0) is 16.1 Å². The average Bonchev–Trinajstić information content (AvgIpc) is 3.30. The Hall–Kier alpha value is -2.67. The number of likely N-dealkylation sites (tertiary alicyclic amines) is 1. The van der Waals surface area contributed by atoms with Gasteiger partial charge in [0.1, 0.15) is 6.26 Å². The number of likely N-dealkylation sites (N-methyl/N-ethyl adjacent to an activating group) is 1. The Balaban J connectivity index is 1.71. The van der Waals surface area contributed by atoms with Crippen molar-refractivity contribution in [2.75, 3.05) is 13.1 Å². The van der Waals surface area contributed by atoms with E-state index in [0.29, 0.717) is 38.4 Å². The molecular formula is C20H26N4O3. The van der Waals surface area contributed by atoms with Gasteiger partial charge in [0.05, 0.1) is 11.7 Å². The van der Waals surface area contributed by atoms with Gasteiger partial charge in [0.15, 0.2) is 0 Å². The van der Waals surface area contributed by atoms with Crippen LogP contribution in [0.15, 0.2) is 41.0 Å². The molecule has 1 aliphatic rings. The van der Waals surface area contributed by atoms with E-state index in [0.717, 1.165) is 11.3 Å². The second-order valence-electron chi connectivity index (χ2n) is 6.70. The standard InChI is InChI=1S/C20H26N4O3/c1-3-18(25)22-15-10-17(19(26)21-4-2)24(11-15)12-16-13-27-20(23-16)14-8-6-5-7-9-14/h5-9,13,15,17H,3-4,10-12H2,1-2H3,(H,21,26)(H,22,25). The van der Waals surface area contributed by atoms with Crippen LogP contribution in [0, 0.1) is 0 Å². The van der Waals surface area contributed by atoms with E-state index >= 15 is 0 Å². The number of amides is 2. The van der Waals surface area contributed by atoms with Gasteiger partial charge in [-0.25, -0.2) is 4.98 Å². The summed E-state index contributed by atoms with van der Waals surface area (Å²) in [6, 6.07) is 9.38. The molecule has 2 heterocycles. The highest BCUT2D eigenvalue weighted by atomic mass is 16.3. The maximum Gasteiger partial charge on any atom is 0.237 e. The summed E-state index contributed by atoms with van der Waals surface area (Å²) in [5.41, 5.74) is 1.68. The first-order valence-electron chi connectivity index (χ1n) is 9.41. The van der Waals surface area contributed by atoms with E-state index in [2.05, 4.69) is 20.5 Å². The Kier molecular flexibility index (Phi) is 6.24. The van der Waals surface area contributed by atoms with Crippen LogP contribution in [0.1, 0.15) is 32.4 Å². The van der Waals surface area contributed by atoms with Crippen molar-refractivity contribution in [3.05, 3.63) is 42.3 Å². The van der Waals surface area contributed by atoms with Crippen LogP contribution in [0.25, 0.3) is 11.5 Å². The highest BCUT2D eigenvalue weighted by molar-refractivity contribution is 5.82. The van der Waals surface area contributed by atoms with Gasteiger partial charge in [0.25, 0.3) is 0 Å². The average molecular weight is 370 g/mol. The zero-order valence-electron chi connectivity index (χ0n) is 15.8. The molecule has 7 nitrogen and oxygen atoms in total. The SMILES string of the molecule is CCNC(=O)C1CC(NC(=O)CC)CN1Cc1coc(-c2ccccc2)n1. The molecular weight excluding hydrogens is 344 g/mol. The quantitative estimate of drug-likeness (QED) is 0.778. The minimum atomic E-state index is -0.288. The molecule has 2 amide bonds. The van der Waals surface area contributed by atoms with Gasteiger partial charge in [0, 0.05) is 37.7 Å². The third-order valence-corrected chi connectivity index (χ3v) is 4.68. The lowest BCUT2D eigenvalue weighted by Gasteiger charge is -2.22. The zero-order valence-corrected chi connectivity index (χ0v) is 15.8. The summed E-state index contributed by atoms with van der Waals surface area (Å²) in [4.78, 5) is 30.8. The summed E-state index contributed by atoms with van der Waals surface area (Å²) < 4.78 is 5.60. The van der Waals surface area contributed by atoms with Gasteiger partial charge in [0.2, 0.25) is 17.7 Å². The highest BCUT2D eigenvalue weighted by Gasteiger charge is 2.37. The van der Waals surface area contributed by atoms with Gasteiger partial charge in [-0.05, 0) is 25.5 Å². The van der Waals surface area contributed by atoms with Gasteiger partial charge < -0.3 is 15.1 Å². The topological polar surface area (TPSA) is 87.5 Å². The van der Waals surface area contributed by atoms with Crippen LogP contribution in [0.4, 0.5) is 0 Å². The fourth-order valence-electron chi connectivity index (χ4n) is 3.38. The van der Waals surface area contributed by atoms with Crippen molar-refractivity contribution in [3.8, 4) is 11.5 Å². The minimum absolute atomic E-state index is 0.00398. The Morgan fingerprint density at radius 2 is 2.04 bits per heavy atom. The van der Waals surface area contributed by atoms with Crippen LogP contribution >= 0.6 is 0 Å². The number of nitrogens with zero attached hydrogens (tertiary/aromatic N) is 2. The van der Waals surface area contributed by atoms with Crippen molar-refractivity contribution in [1.29, 1.82) is 0 Å². The maximum atomic E-state index is 12.5. The monoisotopic (exact) mass is 370 g/mol. The summed E-state index contributed by atoms with van der Waals surface area (Å²) in [6.45, 7) is 5.41. The minimum Gasteiger partial charge on any atom is -0.444 e. The van der Waals surface area contributed by atoms with E-state index in [9.17, 15) is 9.59 Å². The Bertz CT molecular complexity index is 775. The zero-order chi connectivity index (χ0) is 19.2. The van der Waals surface area contributed by atoms with Crippen molar-refractivity contribution in [1.82, 2.24) is 20.5 Å². The summed E-state index contributed by atoms with van der Waals surface area (Å²) in [5.74, 6) is 0.553. The molecule has 144 valence electrons. The fraction of sp³-hybridized carbons (Fsp3) is 0.450. The molecule has 1 aromatic carbocycles. The van der Waals surface area contributed by atoms with Crippen molar-refractivity contribution in [2.45, 2.75) is 45.3 Å². The molecule has 3 rings (SSSR count). The van der Waals surface area contributed by atoms with E-state index < -0.39 is 0 Å². The van der Waals surface area contributed by atoms with Gasteiger partial charge in [-0.2, -0.15) is 0 Å². The van der Waals surface area contributed by atoms with Crippen molar-refractivity contribution in [3.63, 3.8) is 0 Å². The highest BCUT2D eigenvalue weighted by Crippen LogP contribution is 2.23. The summed E-state index contributed by atoms with van der Waals surface area (Å²) >= 11 is 0. The third-order valence-electron chi connectivity index (χ3n) is 4.68. The third kappa shape index (κ3) is 4.74. The molecule has 0 radical (unpaired) electrons. The van der Waals surface area contributed by atoms with Gasteiger partial charge in [-0.1, -0.05) is 25.1 Å². The second kappa shape index (κ2) is 8.81. The molecule has 7 heteroatoms. The van der Waals surface area contributed by atoms with Gasteiger partial charge >= 0.3 is 0 Å². The van der Waals surface area contributed by atoms with E-state index in [1.54, 1.807) is 6.26 Å². The number of rotatable bonds is 7. The van der Waals surface area contributed by atoms with Crippen molar-refractivity contribution < 1.29 is 14.0 Å². The molecule has 2 atom stereocenters. The number of carbonyl (C=O) groups is 2. The number of carbonyl (C=O) groups excluding carboxylic acids is 2. The fourth-order valence-corrected chi connectivity index (χ4v) is 3.38. The lowest BCUT2D eigenvalue weighted by molar-refractivity contribution is -0.125. The lowest BCUT2D eigenvalue weighted by Crippen LogP contribution is -2.42. The van der Waals surface area contributed by atoms with Crippen LogP contribution in [0.5, 0.6) is 0 Å². The van der Waals surface area contributed by atoms with Gasteiger partial charge in [-0.3, -0.25) is 14.5 Å². The molecule has 1 fully saturated rings. The number of oxazole rings is 1. The van der Waals surface area contributed by atoms with Crippen LogP contribution < -0.4 is 10.6 Å². The van der Waals surface area contributed by atoms with E-state index in [1.165, 1.54) is 0 Å². The molecule has 0 saturated carbocycles. The molecule has 2 aromatic rings. The van der Waals surface area contributed by atoms with Crippen LogP contribution in [-0.4, -0.2) is 46.9 Å². The lowest BCUT2D eigenvalue weighted by atomic mass is 10.1. The van der Waals surface area contributed by atoms with E-state index in [-0.39, 0.29) is 23.9 Å². The smallest absolute Gasteiger partial charge is 0.237 e. The molecule has 1 saturated heterocycles. The van der Waals surface area contributed by atoms with Crippen molar-refractivity contribution in [2.24, 2.45) is 0 Å². The molecule has 1 aromatic heterocycles. The number of nitrogens with one attached hydrogen (secondary N) is 2. The first-order valence-corrected chi connectivity index (χ1v) is 9.41. The molecule has 0 bridgehead atoms. The largest absolute Gasteiger partial charge is 0.444 e. The number of hydrogen-bond acceptors (Lipinski definition) is 5. The second-order valence-corrected chi connectivity index (χ2v) is 6.70. The number of benzene rings is 1. The number of hydrogen-bond donors (Lipinski definition) is 2. The van der Waals surface area contributed by atoms with Crippen LogP contribution in [0.3, 0.4) is 0 Å². The van der Waals surface area contributed by atoms with E-state index in [1.807, 2.05) is 44.2 Å². The molecule has 1 aliphatic heterocycles. The first-order chi connectivity index (χ1) is 13.1. The van der Waals surface area contributed by atoms with E-state index in [4.69, 9.17) is 4.42 Å². The summed E-state index contributed by atoms with van der Waals surface area (Å²) in [7, 11) is 0. The van der Waals surface area contributed by atoms with Gasteiger partial charge in [-0.15, -0.1) is 0 Å². The number of aromatic nitrogens is 1. The predicted molar refractivity (Wildman–Crippen MR) is 102 cm³/mol. The van der Waals surface area contributed by atoms with Crippen LogP contribution in [0.2, 0.25) is 0 Å².